The van der Waals surface area contributed by atoms with Crippen molar-refractivity contribution >= 4 is 30.5 Å². The Morgan fingerprint density at radius 1 is 1.21 bits per heavy atom. The Morgan fingerprint density at radius 3 is 2.32 bits per heavy atom. The molecule has 6 heteroatoms. The van der Waals surface area contributed by atoms with E-state index in [1.165, 1.54) is 5.69 Å². The molecule has 1 aliphatic rings. The number of benzene rings is 1. The molecule has 1 unspecified atom stereocenters. The molecule has 1 heterocycles. The maximum Gasteiger partial charge on any atom is 0.0914 e. The van der Waals surface area contributed by atoms with Gasteiger partial charge in [-0.15, -0.1) is 24.8 Å². The van der Waals surface area contributed by atoms with Crippen molar-refractivity contribution in [2.45, 2.75) is 6.10 Å². The van der Waals surface area contributed by atoms with E-state index in [-0.39, 0.29) is 24.8 Å². The monoisotopic (exact) mass is 308 g/mol. The minimum atomic E-state index is -0.432. The first-order valence-corrected chi connectivity index (χ1v) is 6.06. The van der Waals surface area contributed by atoms with Gasteiger partial charge in [0.05, 0.1) is 19.3 Å². The van der Waals surface area contributed by atoms with E-state index < -0.39 is 6.10 Å². The lowest BCUT2D eigenvalue weighted by atomic mass is 10.1. The van der Waals surface area contributed by atoms with Crippen LogP contribution in [0.25, 0.3) is 0 Å². The minimum absolute atomic E-state index is 0. The Morgan fingerprint density at radius 2 is 1.79 bits per heavy atom. The second kappa shape index (κ2) is 9.39. The van der Waals surface area contributed by atoms with Gasteiger partial charge in [0, 0.05) is 25.3 Å². The minimum Gasteiger partial charge on any atom is -0.387 e. The Labute approximate surface area is 127 Å². The third-order valence-corrected chi connectivity index (χ3v) is 3.05. The number of nitrogens with one attached hydrogen (secondary N) is 1. The van der Waals surface area contributed by atoms with Crippen LogP contribution in [0.15, 0.2) is 24.3 Å². The fraction of sp³-hybridized carbons (Fsp3) is 0.538. The summed E-state index contributed by atoms with van der Waals surface area (Å²) in [5.41, 5.74) is 2.16. The maximum absolute atomic E-state index is 9.83. The van der Waals surface area contributed by atoms with E-state index in [9.17, 15) is 5.11 Å². The second-order valence-electron chi connectivity index (χ2n) is 4.26. The molecule has 110 valence electrons. The summed E-state index contributed by atoms with van der Waals surface area (Å²) in [4.78, 5) is 2.30. The largest absolute Gasteiger partial charge is 0.387 e. The van der Waals surface area contributed by atoms with Gasteiger partial charge in [0.1, 0.15) is 0 Å². The molecule has 2 N–H and O–H groups in total. The summed E-state index contributed by atoms with van der Waals surface area (Å²) in [5, 5.41) is 12.8. The van der Waals surface area contributed by atoms with E-state index in [4.69, 9.17) is 4.74 Å². The molecule has 0 amide bonds. The Bertz CT molecular complexity index is 343. The zero-order valence-corrected chi connectivity index (χ0v) is 12.7. The summed E-state index contributed by atoms with van der Waals surface area (Å²) < 4.78 is 5.33. The molecule has 19 heavy (non-hydrogen) atoms. The molecule has 4 nitrogen and oxygen atoms in total. The van der Waals surface area contributed by atoms with E-state index in [0.29, 0.717) is 6.54 Å². The highest BCUT2D eigenvalue weighted by atomic mass is 35.5. The fourth-order valence-electron chi connectivity index (χ4n) is 2.04. The van der Waals surface area contributed by atoms with Crippen molar-refractivity contribution in [3.8, 4) is 0 Å². The summed E-state index contributed by atoms with van der Waals surface area (Å²) in [6, 6.07) is 8.12. The van der Waals surface area contributed by atoms with Gasteiger partial charge >= 0.3 is 0 Å². The zero-order chi connectivity index (χ0) is 12.1. The molecule has 0 bridgehead atoms. The van der Waals surface area contributed by atoms with Crippen molar-refractivity contribution < 1.29 is 9.84 Å². The lowest BCUT2D eigenvalue weighted by molar-refractivity contribution is 0.122. The van der Waals surface area contributed by atoms with Crippen molar-refractivity contribution in [2.24, 2.45) is 0 Å². The van der Waals surface area contributed by atoms with Crippen LogP contribution >= 0.6 is 24.8 Å². The van der Waals surface area contributed by atoms with Gasteiger partial charge in [0.25, 0.3) is 0 Å². The highest BCUT2D eigenvalue weighted by Crippen LogP contribution is 2.19. The molecule has 1 atom stereocenters. The third kappa shape index (κ3) is 5.16. The molecular weight excluding hydrogens is 287 g/mol. The first kappa shape index (κ1) is 18.5. The van der Waals surface area contributed by atoms with E-state index >= 15 is 0 Å². The number of anilines is 1. The fourth-order valence-corrected chi connectivity index (χ4v) is 2.04. The molecule has 1 fully saturated rings. The number of halogens is 2. The molecular formula is C13H22Cl2N2O2. The molecule has 2 rings (SSSR count). The molecule has 1 aliphatic heterocycles. The quantitative estimate of drug-likeness (QED) is 0.887. The highest BCUT2D eigenvalue weighted by molar-refractivity contribution is 5.85. The molecule has 0 aliphatic carbocycles. The van der Waals surface area contributed by atoms with Crippen LogP contribution < -0.4 is 10.2 Å². The summed E-state index contributed by atoms with van der Waals surface area (Å²) in [6.07, 6.45) is -0.432. The van der Waals surface area contributed by atoms with Gasteiger partial charge in [-0.3, -0.25) is 0 Å². The number of ether oxygens (including phenoxy) is 1. The van der Waals surface area contributed by atoms with Crippen molar-refractivity contribution in [2.75, 3.05) is 44.8 Å². The van der Waals surface area contributed by atoms with Crippen LogP contribution in [0.1, 0.15) is 11.7 Å². The Balaban J connectivity index is 0.00000162. The van der Waals surface area contributed by atoms with E-state index in [0.717, 1.165) is 31.9 Å². The van der Waals surface area contributed by atoms with Crippen LogP contribution in [0.3, 0.4) is 0 Å². The molecule has 0 aromatic heterocycles. The normalized spacial score (nSPS) is 16.2. The molecule has 0 saturated carbocycles. The summed E-state index contributed by atoms with van der Waals surface area (Å²) in [7, 11) is 1.84. The number of aliphatic hydroxyl groups is 1. The van der Waals surface area contributed by atoms with Gasteiger partial charge in [0.2, 0.25) is 0 Å². The number of hydrogen-bond acceptors (Lipinski definition) is 4. The molecule has 1 saturated heterocycles. The van der Waals surface area contributed by atoms with E-state index in [1.807, 2.05) is 19.2 Å². The van der Waals surface area contributed by atoms with Gasteiger partial charge in [-0.2, -0.15) is 0 Å². The lowest BCUT2D eigenvalue weighted by Gasteiger charge is -2.29. The average molecular weight is 309 g/mol. The number of nitrogens with zero attached hydrogens (tertiary/aromatic N) is 1. The maximum atomic E-state index is 9.83. The van der Waals surface area contributed by atoms with Gasteiger partial charge in [-0.1, -0.05) is 12.1 Å². The first-order valence-electron chi connectivity index (χ1n) is 6.06. The van der Waals surface area contributed by atoms with E-state index in [2.05, 4.69) is 22.3 Å². The van der Waals surface area contributed by atoms with Crippen molar-refractivity contribution in [3.63, 3.8) is 0 Å². The third-order valence-electron chi connectivity index (χ3n) is 3.05. The topological polar surface area (TPSA) is 44.7 Å². The molecule has 1 aromatic rings. The summed E-state index contributed by atoms with van der Waals surface area (Å²) in [5.74, 6) is 0. The lowest BCUT2D eigenvalue weighted by Crippen LogP contribution is -2.36. The van der Waals surface area contributed by atoms with Crippen LogP contribution in [0.4, 0.5) is 5.69 Å². The van der Waals surface area contributed by atoms with Gasteiger partial charge < -0.3 is 20.1 Å². The highest BCUT2D eigenvalue weighted by Gasteiger charge is 2.12. The zero-order valence-electron chi connectivity index (χ0n) is 11.0. The number of likely N-dealkylation sites (N-methyl/N-ethyl adjacent to an activating group) is 1. The predicted octanol–water partition coefficient (Wildman–Crippen LogP) is 1.62. The first-order chi connectivity index (χ1) is 8.31. The SMILES string of the molecule is CNCC(O)c1ccc(N2CCOCC2)cc1.Cl.Cl. The van der Waals surface area contributed by atoms with Crippen molar-refractivity contribution in [3.05, 3.63) is 29.8 Å². The average Bonchev–Trinajstić information content (AvgIpc) is 2.40. The molecule has 0 radical (unpaired) electrons. The molecule has 1 aromatic carbocycles. The van der Waals surface area contributed by atoms with Crippen LogP contribution in [-0.2, 0) is 4.74 Å². The van der Waals surface area contributed by atoms with Crippen LogP contribution in [-0.4, -0.2) is 45.0 Å². The summed E-state index contributed by atoms with van der Waals surface area (Å²) in [6.45, 7) is 4.06. The number of rotatable bonds is 4. The molecule has 0 spiro atoms. The van der Waals surface area contributed by atoms with E-state index in [1.54, 1.807) is 0 Å². The van der Waals surface area contributed by atoms with Gasteiger partial charge in [-0.05, 0) is 24.7 Å². The summed E-state index contributed by atoms with van der Waals surface area (Å²) >= 11 is 0. The number of aliphatic hydroxyl groups excluding tert-OH is 1. The van der Waals surface area contributed by atoms with Gasteiger partial charge in [-0.25, -0.2) is 0 Å². The Kier molecular flexibility index (Phi) is 9.14. The van der Waals surface area contributed by atoms with Crippen LogP contribution in [0, 0.1) is 0 Å². The van der Waals surface area contributed by atoms with Gasteiger partial charge in [0.15, 0.2) is 0 Å². The van der Waals surface area contributed by atoms with Crippen LogP contribution in [0.2, 0.25) is 0 Å². The predicted molar refractivity (Wildman–Crippen MR) is 82.9 cm³/mol. The number of morpholine rings is 1. The Hall–Kier alpha value is -0.520. The second-order valence-corrected chi connectivity index (χ2v) is 4.26. The standard InChI is InChI=1S/C13H20N2O2.2ClH/c1-14-10-13(16)11-2-4-12(5-3-11)15-6-8-17-9-7-15;;/h2-5,13-14,16H,6-10H2,1H3;2*1H. The number of hydrogen-bond donors (Lipinski definition) is 2. The van der Waals surface area contributed by atoms with Crippen LogP contribution in [0.5, 0.6) is 0 Å². The van der Waals surface area contributed by atoms with Crippen molar-refractivity contribution in [1.29, 1.82) is 0 Å². The van der Waals surface area contributed by atoms with Crippen molar-refractivity contribution in [1.82, 2.24) is 5.32 Å². The smallest absolute Gasteiger partial charge is 0.0914 e.